The standard InChI is InChI=1S/C26H28N4O3/c1-17-7-9-20(10-8-17)25(31)28-21-14-23(26(32)33)24(27-15-21)29-11-12-30(19(3)16-29)22-6-4-5-18(2)13-22/h4-10,13-15,19H,11-12,16H2,1-3H3,(H,28,31)(H,32,33)/t19-/m1/s1. The minimum absolute atomic E-state index is 0.0768. The van der Waals surface area contributed by atoms with Crippen molar-refractivity contribution in [1.29, 1.82) is 0 Å². The second-order valence-corrected chi connectivity index (χ2v) is 8.55. The summed E-state index contributed by atoms with van der Waals surface area (Å²) in [6, 6.07) is 17.2. The van der Waals surface area contributed by atoms with Crippen molar-refractivity contribution in [2.75, 3.05) is 34.8 Å². The highest BCUT2D eigenvalue weighted by atomic mass is 16.4. The van der Waals surface area contributed by atoms with Crippen molar-refractivity contribution in [3.05, 3.63) is 83.0 Å². The molecule has 0 saturated carbocycles. The largest absolute Gasteiger partial charge is 0.478 e. The molecule has 1 saturated heterocycles. The van der Waals surface area contributed by atoms with Crippen molar-refractivity contribution in [3.8, 4) is 0 Å². The summed E-state index contributed by atoms with van der Waals surface area (Å²) in [7, 11) is 0. The van der Waals surface area contributed by atoms with E-state index in [0.717, 1.165) is 12.1 Å². The van der Waals surface area contributed by atoms with Gasteiger partial charge < -0.3 is 20.2 Å². The second kappa shape index (κ2) is 9.32. The highest BCUT2D eigenvalue weighted by Gasteiger charge is 2.28. The average Bonchev–Trinajstić information content (AvgIpc) is 2.79. The number of nitrogens with one attached hydrogen (secondary N) is 1. The summed E-state index contributed by atoms with van der Waals surface area (Å²) in [6.07, 6.45) is 1.52. The van der Waals surface area contributed by atoms with E-state index in [2.05, 4.69) is 53.3 Å². The van der Waals surface area contributed by atoms with E-state index in [1.54, 1.807) is 12.1 Å². The third-order valence-corrected chi connectivity index (χ3v) is 5.93. The van der Waals surface area contributed by atoms with E-state index in [1.807, 2.05) is 24.0 Å². The van der Waals surface area contributed by atoms with Crippen LogP contribution in [0.3, 0.4) is 0 Å². The Labute approximate surface area is 193 Å². The molecule has 33 heavy (non-hydrogen) atoms. The molecule has 0 aliphatic carbocycles. The Bertz CT molecular complexity index is 1180. The van der Waals surface area contributed by atoms with Crippen molar-refractivity contribution >= 4 is 29.1 Å². The van der Waals surface area contributed by atoms with Gasteiger partial charge in [-0.05, 0) is 56.7 Å². The molecule has 170 valence electrons. The van der Waals surface area contributed by atoms with E-state index in [0.29, 0.717) is 30.2 Å². The number of amides is 1. The first-order valence-corrected chi connectivity index (χ1v) is 11.0. The summed E-state index contributed by atoms with van der Waals surface area (Å²) in [5.41, 5.74) is 4.37. The number of aromatic nitrogens is 1. The molecule has 7 nitrogen and oxygen atoms in total. The number of aromatic carboxylic acids is 1. The van der Waals surface area contributed by atoms with E-state index in [-0.39, 0.29) is 17.5 Å². The van der Waals surface area contributed by atoms with Crippen molar-refractivity contribution in [1.82, 2.24) is 4.98 Å². The monoisotopic (exact) mass is 444 g/mol. The predicted octanol–water partition coefficient (Wildman–Crippen LogP) is 4.36. The number of carboxylic acids is 1. The van der Waals surface area contributed by atoms with Gasteiger partial charge in [0.15, 0.2) is 0 Å². The summed E-state index contributed by atoms with van der Waals surface area (Å²) in [5.74, 6) is -0.953. The highest BCUT2D eigenvalue weighted by Crippen LogP contribution is 2.27. The van der Waals surface area contributed by atoms with Gasteiger partial charge in [0.25, 0.3) is 5.91 Å². The fraction of sp³-hybridized carbons (Fsp3) is 0.269. The minimum Gasteiger partial charge on any atom is -0.478 e. The third-order valence-electron chi connectivity index (χ3n) is 5.93. The van der Waals surface area contributed by atoms with Crippen molar-refractivity contribution < 1.29 is 14.7 Å². The number of benzene rings is 2. The molecular weight excluding hydrogens is 416 g/mol. The number of hydrogen-bond donors (Lipinski definition) is 2. The number of carbonyl (C=O) groups is 2. The molecule has 1 atom stereocenters. The van der Waals surface area contributed by atoms with Gasteiger partial charge in [0.05, 0.1) is 11.9 Å². The molecule has 1 fully saturated rings. The van der Waals surface area contributed by atoms with Gasteiger partial charge in [0.1, 0.15) is 11.4 Å². The van der Waals surface area contributed by atoms with E-state index < -0.39 is 5.97 Å². The normalized spacial score (nSPS) is 15.9. The van der Waals surface area contributed by atoms with Crippen LogP contribution < -0.4 is 15.1 Å². The van der Waals surface area contributed by atoms with E-state index in [1.165, 1.54) is 23.5 Å². The van der Waals surface area contributed by atoms with Gasteiger partial charge in [-0.3, -0.25) is 4.79 Å². The summed E-state index contributed by atoms with van der Waals surface area (Å²) >= 11 is 0. The summed E-state index contributed by atoms with van der Waals surface area (Å²) in [4.78, 5) is 33.3. The Morgan fingerprint density at radius 1 is 1.03 bits per heavy atom. The third kappa shape index (κ3) is 4.98. The maximum Gasteiger partial charge on any atom is 0.339 e. The van der Waals surface area contributed by atoms with Crippen molar-refractivity contribution in [2.45, 2.75) is 26.8 Å². The minimum atomic E-state index is -1.07. The van der Waals surface area contributed by atoms with Crippen LogP contribution in [0.25, 0.3) is 0 Å². The highest BCUT2D eigenvalue weighted by molar-refractivity contribution is 6.05. The lowest BCUT2D eigenvalue weighted by Crippen LogP contribution is -2.52. The number of anilines is 3. The molecule has 1 aliphatic rings. The van der Waals surface area contributed by atoms with Gasteiger partial charge >= 0.3 is 5.97 Å². The average molecular weight is 445 g/mol. The predicted molar refractivity (Wildman–Crippen MR) is 131 cm³/mol. The summed E-state index contributed by atoms with van der Waals surface area (Å²) in [5, 5.41) is 12.6. The SMILES string of the molecule is Cc1ccc(C(=O)Nc2cnc(N3CCN(c4cccc(C)c4)[C@H](C)C3)c(C(=O)O)c2)cc1. The molecule has 1 aromatic heterocycles. The lowest BCUT2D eigenvalue weighted by Gasteiger charge is -2.42. The lowest BCUT2D eigenvalue weighted by molar-refractivity contribution is 0.0696. The van der Waals surface area contributed by atoms with Crippen LogP contribution in [-0.4, -0.2) is 47.6 Å². The Morgan fingerprint density at radius 3 is 2.45 bits per heavy atom. The Balaban J connectivity index is 1.52. The first-order valence-electron chi connectivity index (χ1n) is 11.0. The zero-order valence-electron chi connectivity index (χ0n) is 19.1. The molecule has 0 unspecified atom stereocenters. The van der Waals surface area contributed by atoms with Gasteiger partial charge in [-0.2, -0.15) is 0 Å². The van der Waals surface area contributed by atoms with Crippen LogP contribution in [0, 0.1) is 13.8 Å². The first-order chi connectivity index (χ1) is 15.8. The molecule has 4 rings (SSSR count). The first kappa shape index (κ1) is 22.3. The number of pyridine rings is 1. The molecule has 7 heteroatoms. The zero-order valence-corrected chi connectivity index (χ0v) is 19.1. The Hall–Kier alpha value is -3.87. The maximum atomic E-state index is 12.5. The molecule has 1 amide bonds. The summed E-state index contributed by atoms with van der Waals surface area (Å²) in [6.45, 7) is 8.22. The van der Waals surface area contributed by atoms with E-state index >= 15 is 0 Å². The van der Waals surface area contributed by atoms with Crippen LogP contribution in [0.2, 0.25) is 0 Å². The topological polar surface area (TPSA) is 85.8 Å². The lowest BCUT2D eigenvalue weighted by atomic mass is 10.1. The van der Waals surface area contributed by atoms with Gasteiger partial charge in [-0.25, -0.2) is 9.78 Å². The van der Waals surface area contributed by atoms with Gasteiger partial charge in [-0.1, -0.05) is 29.8 Å². The number of nitrogens with zero attached hydrogens (tertiary/aromatic N) is 3. The number of hydrogen-bond acceptors (Lipinski definition) is 5. The molecule has 0 radical (unpaired) electrons. The number of piperazine rings is 1. The van der Waals surface area contributed by atoms with Gasteiger partial charge in [0, 0.05) is 36.9 Å². The molecule has 2 aromatic carbocycles. The van der Waals surface area contributed by atoms with Crippen LogP contribution >= 0.6 is 0 Å². The Morgan fingerprint density at radius 2 is 1.79 bits per heavy atom. The smallest absolute Gasteiger partial charge is 0.339 e. The molecule has 0 spiro atoms. The van der Waals surface area contributed by atoms with Crippen LogP contribution in [0.1, 0.15) is 38.8 Å². The van der Waals surface area contributed by atoms with Gasteiger partial charge in [-0.15, -0.1) is 0 Å². The fourth-order valence-corrected chi connectivity index (χ4v) is 4.18. The number of carbonyl (C=O) groups excluding carboxylic acids is 1. The molecule has 2 heterocycles. The van der Waals surface area contributed by atoms with E-state index in [9.17, 15) is 14.7 Å². The van der Waals surface area contributed by atoms with Crippen LogP contribution in [0.4, 0.5) is 17.2 Å². The molecule has 1 aliphatic heterocycles. The van der Waals surface area contributed by atoms with Gasteiger partial charge in [0.2, 0.25) is 0 Å². The van der Waals surface area contributed by atoms with Crippen molar-refractivity contribution in [3.63, 3.8) is 0 Å². The molecule has 2 N–H and O–H groups in total. The quantitative estimate of drug-likeness (QED) is 0.608. The molecule has 3 aromatic rings. The fourth-order valence-electron chi connectivity index (χ4n) is 4.18. The summed E-state index contributed by atoms with van der Waals surface area (Å²) < 4.78 is 0. The second-order valence-electron chi connectivity index (χ2n) is 8.55. The number of rotatable bonds is 5. The van der Waals surface area contributed by atoms with Crippen LogP contribution in [0.5, 0.6) is 0 Å². The molecular formula is C26H28N4O3. The van der Waals surface area contributed by atoms with Crippen LogP contribution in [0.15, 0.2) is 60.8 Å². The van der Waals surface area contributed by atoms with Crippen molar-refractivity contribution in [2.24, 2.45) is 0 Å². The number of carboxylic acid groups (broad SMARTS) is 1. The maximum absolute atomic E-state index is 12.5. The number of aryl methyl sites for hydroxylation is 2. The molecule has 0 bridgehead atoms. The van der Waals surface area contributed by atoms with E-state index in [4.69, 9.17) is 0 Å². The Kier molecular flexibility index (Phi) is 6.31. The van der Waals surface area contributed by atoms with Crippen LogP contribution in [-0.2, 0) is 0 Å². The zero-order chi connectivity index (χ0) is 23.5.